The van der Waals surface area contributed by atoms with Crippen molar-refractivity contribution in [1.29, 1.82) is 0 Å². The van der Waals surface area contributed by atoms with Crippen molar-refractivity contribution in [3.05, 3.63) is 35.5 Å². The molecule has 1 saturated heterocycles. The number of carbonyl (C=O) groups is 2. The second-order valence-electron chi connectivity index (χ2n) is 9.28. The monoisotopic (exact) mass is 472 g/mol. The minimum absolute atomic E-state index is 0.0362. The Bertz CT molecular complexity index is 968. The number of carbonyl (C=O) groups excluding carboxylic acids is 1. The van der Waals surface area contributed by atoms with Gasteiger partial charge >= 0.3 is 12.0 Å². The highest BCUT2D eigenvalue weighted by molar-refractivity contribution is 6.01. The Balaban J connectivity index is 1.96. The van der Waals surface area contributed by atoms with Crippen LogP contribution in [-0.4, -0.2) is 48.1 Å². The molecule has 9 heteroatoms. The van der Waals surface area contributed by atoms with Crippen molar-refractivity contribution in [1.82, 2.24) is 5.16 Å². The molecule has 34 heavy (non-hydrogen) atoms. The van der Waals surface area contributed by atoms with Gasteiger partial charge in [-0.3, -0.25) is 10.1 Å². The molecule has 0 bridgehead atoms. The summed E-state index contributed by atoms with van der Waals surface area (Å²) in [4.78, 5) is 26.6. The molecule has 3 rings (SSSR count). The van der Waals surface area contributed by atoms with Gasteiger partial charge in [0.2, 0.25) is 5.88 Å². The standard InChI is InChI=1S/C25H36N4O5/c1-5-18(14-24(30)31)19-6-7-22(29(15-16(2)3)20-8-10-33-11-9-20)21(13-19)26-25(32)27-23-12-17(4)28-34-23/h6-7,12-13,16,18,20H,5,8-11,14-15H2,1-4H3,(H,30,31)(H2,26,27,32). The molecule has 2 heterocycles. The molecule has 1 aliphatic rings. The van der Waals surface area contributed by atoms with Crippen LogP contribution in [0.15, 0.2) is 28.8 Å². The number of aryl methyl sites for hydroxylation is 1. The molecule has 0 aliphatic carbocycles. The lowest BCUT2D eigenvalue weighted by Gasteiger charge is -2.38. The normalized spacial score (nSPS) is 15.2. The molecule has 0 saturated carbocycles. The van der Waals surface area contributed by atoms with Crippen molar-refractivity contribution in [2.75, 3.05) is 35.3 Å². The highest BCUT2D eigenvalue weighted by Crippen LogP contribution is 2.35. The van der Waals surface area contributed by atoms with Crippen LogP contribution in [0.4, 0.5) is 22.1 Å². The molecule has 1 aliphatic heterocycles. The number of rotatable bonds is 10. The molecule has 9 nitrogen and oxygen atoms in total. The minimum Gasteiger partial charge on any atom is -0.481 e. The average molecular weight is 473 g/mol. The molecule has 1 unspecified atom stereocenters. The predicted octanol–water partition coefficient (Wildman–Crippen LogP) is 5.24. The number of hydrogen-bond acceptors (Lipinski definition) is 6. The zero-order chi connectivity index (χ0) is 24.7. The molecule has 1 aromatic heterocycles. The first-order chi connectivity index (χ1) is 16.3. The maximum absolute atomic E-state index is 12.9. The Morgan fingerprint density at radius 2 is 1.94 bits per heavy atom. The van der Waals surface area contributed by atoms with Gasteiger partial charge in [-0.1, -0.05) is 32.0 Å². The van der Waals surface area contributed by atoms with Crippen molar-refractivity contribution in [2.45, 2.75) is 65.3 Å². The van der Waals surface area contributed by atoms with Crippen LogP contribution in [-0.2, 0) is 9.53 Å². The van der Waals surface area contributed by atoms with Crippen LogP contribution in [0, 0.1) is 12.8 Å². The Morgan fingerprint density at radius 3 is 2.53 bits per heavy atom. The number of benzene rings is 1. The van der Waals surface area contributed by atoms with Gasteiger partial charge in [0.25, 0.3) is 0 Å². The number of amides is 2. The minimum atomic E-state index is -0.840. The van der Waals surface area contributed by atoms with Crippen LogP contribution < -0.4 is 15.5 Å². The van der Waals surface area contributed by atoms with E-state index in [1.807, 2.05) is 25.1 Å². The largest absolute Gasteiger partial charge is 0.481 e. The zero-order valence-electron chi connectivity index (χ0n) is 20.5. The summed E-state index contributed by atoms with van der Waals surface area (Å²) >= 11 is 0. The fraction of sp³-hybridized carbons (Fsp3) is 0.560. The second-order valence-corrected chi connectivity index (χ2v) is 9.28. The fourth-order valence-corrected chi connectivity index (χ4v) is 4.39. The first-order valence-electron chi connectivity index (χ1n) is 12.0. The topological polar surface area (TPSA) is 117 Å². The number of urea groups is 1. The highest BCUT2D eigenvalue weighted by Gasteiger charge is 2.26. The number of carboxylic acid groups (broad SMARTS) is 1. The van der Waals surface area contributed by atoms with E-state index < -0.39 is 12.0 Å². The molecular formula is C25H36N4O5. The van der Waals surface area contributed by atoms with Crippen LogP contribution in [0.3, 0.4) is 0 Å². The number of nitrogens with zero attached hydrogens (tertiary/aromatic N) is 2. The first kappa shape index (κ1) is 25.6. The summed E-state index contributed by atoms with van der Waals surface area (Å²) in [5.41, 5.74) is 3.11. The van der Waals surface area contributed by atoms with Crippen molar-refractivity contribution in [2.24, 2.45) is 5.92 Å². The molecule has 2 amide bonds. The maximum Gasteiger partial charge on any atom is 0.326 e. The molecule has 1 atom stereocenters. The van der Waals surface area contributed by atoms with E-state index in [2.05, 4.69) is 34.5 Å². The Morgan fingerprint density at radius 1 is 1.21 bits per heavy atom. The number of nitrogens with one attached hydrogen (secondary N) is 2. The van der Waals surface area contributed by atoms with Gasteiger partial charge in [0, 0.05) is 31.9 Å². The van der Waals surface area contributed by atoms with E-state index in [4.69, 9.17) is 9.26 Å². The van der Waals surface area contributed by atoms with Gasteiger partial charge in [0.15, 0.2) is 0 Å². The average Bonchev–Trinajstić information content (AvgIpc) is 3.20. The lowest BCUT2D eigenvalue weighted by Crippen LogP contribution is -2.42. The van der Waals surface area contributed by atoms with Gasteiger partial charge in [-0.15, -0.1) is 0 Å². The van der Waals surface area contributed by atoms with E-state index in [0.717, 1.165) is 30.6 Å². The van der Waals surface area contributed by atoms with Gasteiger partial charge in [0.1, 0.15) is 0 Å². The zero-order valence-corrected chi connectivity index (χ0v) is 20.5. The van der Waals surface area contributed by atoms with Crippen LogP contribution >= 0.6 is 0 Å². The maximum atomic E-state index is 12.9. The lowest BCUT2D eigenvalue weighted by molar-refractivity contribution is -0.137. The Hall–Kier alpha value is -3.07. The molecular weight excluding hydrogens is 436 g/mol. The van der Waals surface area contributed by atoms with E-state index in [1.165, 1.54) is 0 Å². The second kappa shape index (κ2) is 11.9. The summed E-state index contributed by atoms with van der Waals surface area (Å²) in [7, 11) is 0. The van der Waals surface area contributed by atoms with Crippen molar-refractivity contribution in [3.63, 3.8) is 0 Å². The molecule has 3 N–H and O–H groups in total. The third kappa shape index (κ3) is 6.96. The number of anilines is 3. The smallest absolute Gasteiger partial charge is 0.326 e. The summed E-state index contributed by atoms with van der Waals surface area (Å²) < 4.78 is 10.7. The molecule has 0 spiro atoms. The summed E-state index contributed by atoms with van der Waals surface area (Å²) in [5.74, 6) is -0.313. The Labute approximate surface area is 200 Å². The molecule has 1 aromatic carbocycles. The summed E-state index contributed by atoms with van der Waals surface area (Å²) in [6, 6.07) is 7.39. The number of ether oxygens (including phenoxy) is 1. The van der Waals surface area contributed by atoms with Crippen LogP contribution in [0.2, 0.25) is 0 Å². The summed E-state index contributed by atoms with van der Waals surface area (Å²) in [6.45, 7) is 10.3. The highest BCUT2D eigenvalue weighted by atomic mass is 16.5. The molecule has 186 valence electrons. The van der Waals surface area contributed by atoms with Crippen molar-refractivity contribution < 1.29 is 24.0 Å². The van der Waals surface area contributed by atoms with Gasteiger partial charge < -0.3 is 24.6 Å². The molecule has 0 radical (unpaired) electrons. The van der Waals surface area contributed by atoms with Gasteiger partial charge in [-0.2, -0.15) is 0 Å². The fourth-order valence-electron chi connectivity index (χ4n) is 4.39. The number of aromatic nitrogens is 1. The van der Waals surface area contributed by atoms with Gasteiger partial charge in [-0.05, 0) is 55.7 Å². The van der Waals surface area contributed by atoms with Crippen LogP contribution in [0.5, 0.6) is 0 Å². The quantitative estimate of drug-likeness (QED) is 0.433. The SMILES string of the molecule is CCC(CC(=O)O)c1ccc(N(CC(C)C)C2CCOCC2)c(NC(=O)Nc2cc(C)no2)c1. The van der Waals surface area contributed by atoms with Gasteiger partial charge in [0.05, 0.1) is 23.5 Å². The molecule has 1 fully saturated rings. The molecule has 2 aromatic rings. The van der Waals surface area contributed by atoms with E-state index in [0.29, 0.717) is 43.0 Å². The number of hydrogen-bond donors (Lipinski definition) is 3. The first-order valence-corrected chi connectivity index (χ1v) is 12.0. The predicted molar refractivity (Wildman–Crippen MR) is 132 cm³/mol. The van der Waals surface area contributed by atoms with Crippen molar-refractivity contribution in [3.8, 4) is 0 Å². The van der Waals surface area contributed by atoms with E-state index in [-0.39, 0.29) is 18.2 Å². The van der Waals surface area contributed by atoms with Crippen LogP contribution in [0.1, 0.15) is 63.6 Å². The van der Waals surface area contributed by atoms with Gasteiger partial charge in [-0.25, -0.2) is 4.79 Å². The number of aliphatic carboxylic acids is 1. The van der Waals surface area contributed by atoms with Crippen LogP contribution in [0.25, 0.3) is 0 Å². The summed E-state index contributed by atoms with van der Waals surface area (Å²) in [5, 5.41) is 18.8. The van der Waals surface area contributed by atoms with Crippen molar-refractivity contribution >= 4 is 29.3 Å². The number of carboxylic acids is 1. The summed E-state index contributed by atoms with van der Waals surface area (Å²) in [6.07, 6.45) is 2.54. The van der Waals surface area contributed by atoms with E-state index in [1.54, 1.807) is 13.0 Å². The Kier molecular flexibility index (Phi) is 8.92. The third-order valence-corrected chi connectivity index (χ3v) is 6.02. The lowest BCUT2D eigenvalue weighted by atomic mass is 9.92. The van der Waals surface area contributed by atoms with E-state index in [9.17, 15) is 14.7 Å². The third-order valence-electron chi connectivity index (χ3n) is 6.02. The van der Waals surface area contributed by atoms with E-state index >= 15 is 0 Å².